The molecule has 0 aliphatic carbocycles. The summed E-state index contributed by atoms with van der Waals surface area (Å²) in [6, 6.07) is 15.2. The third-order valence-electron chi connectivity index (χ3n) is 4.76. The molecule has 168 valence electrons. The van der Waals surface area contributed by atoms with Crippen LogP contribution in [0.25, 0.3) is 0 Å². The molecule has 1 N–H and O–H groups in total. The van der Waals surface area contributed by atoms with E-state index in [2.05, 4.69) is 11.4 Å². The van der Waals surface area contributed by atoms with Crippen LogP contribution >= 0.6 is 23.4 Å². The number of benzene rings is 2. The van der Waals surface area contributed by atoms with Gasteiger partial charge in [-0.1, -0.05) is 66.6 Å². The van der Waals surface area contributed by atoms with Crippen LogP contribution in [0.2, 0.25) is 5.02 Å². The highest BCUT2D eigenvalue weighted by atomic mass is 35.5. The molecule has 0 heterocycles. The molecule has 2 amide bonds. The van der Waals surface area contributed by atoms with Crippen molar-refractivity contribution in [2.45, 2.75) is 64.9 Å². The Morgan fingerprint density at radius 2 is 1.84 bits per heavy atom. The Balaban J connectivity index is 2.17. The number of nitrogens with zero attached hydrogens (tertiary/aromatic N) is 1. The molecule has 2 rings (SSSR count). The first-order chi connectivity index (χ1) is 14.6. The van der Waals surface area contributed by atoms with Crippen molar-refractivity contribution in [1.29, 1.82) is 0 Å². The van der Waals surface area contributed by atoms with Crippen molar-refractivity contribution in [3.8, 4) is 0 Å². The minimum Gasteiger partial charge on any atom is -0.350 e. The lowest BCUT2D eigenvalue weighted by atomic mass is 10.1. The summed E-state index contributed by atoms with van der Waals surface area (Å²) in [6.45, 7) is 10.2. The Bertz CT molecular complexity index is 895. The minimum absolute atomic E-state index is 0.0468. The van der Waals surface area contributed by atoms with Gasteiger partial charge in [-0.25, -0.2) is 0 Å². The second-order valence-electron chi connectivity index (χ2n) is 8.76. The van der Waals surface area contributed by atoms with Gasteiger partial charge in [0.05, 0.1) is 5.75 Å². The first-order valence-electron chi connectivity index (χ1n) is 10.6. The van der Waals surface area contributed by atoms with Gasteiger partial charge in [-0.05, 0) is 51.3 Å². The summed E-state index contributed by atoms with van der Waals surface area (Å²) in [5.74, 6) is 0.770. The van der Waals surface area contributed by atoms with Gasteiger partial charge < -0.3 is 10.2 Å². The lowest BCUT2D eigenvalue weighted by Gasteiger charge is -2.33. The zero-order valence-corrected chi connectivity index (χ0v) is 20.6. The van der Waals surface area contributed by atoms with Crippen LogP contribution in [0.4, 0.5) is 0 Å². The smallest absolute Gasteiger partial charge is 0.243 e. The molecule has 2 aromatic carbocycles. The van der Waals surface area contributed by atoms with Crippen LogP contribution in [0.3, 0.4) is 0 Å². The van der Waals surface area contributed by atoms with Crippen molar-refractivity contribution in [3.05, 3.63) is 70.2 Å². The van der Waals surface area contributed by atoms with E-state index in [0.717, 1.165) is 16.7 Å². The highest BCUT2D eigenvalue weighted by Gasteiger charge is 2.30. The zero-order valence-electron chi connectivity index (χ0n) is 19.1. The van der Waals surface area contributed by atoms with E-state index in [1.54, 1.807) is 4.90 Å². The Hall–Kier alpha value is -1.98. The van der Waals surface area contributed by atoms with Crippen LogP contribution in [0.1, 0.15) is 50.8 Å². The summed E-state index contributed by atoms with van der Waals surface area (Å²) in [4.78, 5) is 28.0. The van der Waals surface area contributed by atoms with Crippen molar-refractivity contribution in [2.24, 2.45) is 0 Å². The Kier molecular flexibility index (Phi) is 9.45. The highest BCUT2D eigenvalue weighted by Crippen LogP contribution is 2.22. The number of carbonyl (C=O) groups is 2. The molecule has 0 saturated carbocycles. The molecule has 0 unspecified atom stereocenters. The van der Waals surface area contributed by atoms with Gasteiger partial charge in [0, 0.05) is 22.9 Å². The molecule has 0 saturated heterocycles. The van der Waals surface area contributed by atoms with Crippen LogP contribution in [0.15, 0.2) is 48.5 Å². The Labute approximate surface area is 195 Å². The first kappa shape index (κ1) is 25.3. The quantitative estimate of drug-likeness (QED) is 0.529. The summed E-state index contributed by atoms with van der Waals surface area (Å²) in [7, 11) is 0. The molecule has 0 fully saturated rings. The second kappa shape index (κ2) is 11.6. The fourth-order valence-electron chi connectivity index (χ4n) is 3.33. The van der Waals surface area contributed by atoms with Crippen LogP contribution in [0, 0.1) is 6.92 Å². The maximum absolute atomic E-state index is 13.3. The number of halogens is 1. The molecule has 2 aromatic rings. The lowest BCUT2D eigenvalue weighted by molar-refractivity contribution is -0.140. The molecule has 0 radical (unpaired) electrons. The van der Waals surface area contributed by atoms with Crippen molar-refractivity contribution in [2.75, 3.05) is 5.75 Å². The van der Waals surface area contributed by atoms with E-state index in [9.17, 15) is 9.59 Å². The molecule has 0 aliphatic heterocycles. The maximum atomic E-state index is 13.3. The number of hydrogen-bond acceptors (Lipinski definition) is 3. The van der Waals surface area contributed by atoms with Crippen molar-refractivity contribution >= 4 is 35.2 Å². The van der Waals surface area contributed by atoms with Crippen LogP contribution < -0.4 is 5.32 Å². The standard InChI is InChI=1S/C25H33ClN2O2S/c1-6-22(24(30)27-25(3,4)5)28(15-19-11-9-10-18(2)14-19)23(29)17-31-16-20-12-7-8-13-21(20)26/h7-14,22H,6,15-17H2,1-5H3,(H,27,30)/t22-/m1/s1. The molecule has 0 spiro atoms. The molecule has 1 atom stereocenters. The van der Waals surface area contributed by atoms with Crippen LogP contribution in [-0.4, -0.2) is 34.0 Å². The van der Waals surface area contributed by atoms with E-state index < -0.39 is 6.04 Å². The predicted molar refractivity (Wildman–Crippen MR) is 131 cm³/mol. The van der Waals surface area contributed by atoms with Gasteiger partial charge in [0.15, 0.2) is 0 Å². The summed E-state index contributed by atoms with van der Waals surface area (Å²) in [5.41, 5.74) is 2.79. The summed E-state index contributed by atoms with van der Waals surface area (Å²) < 4.78 is 0. The van der Waals surface area contributed by atoms with Crippen LogP contribution in [0.5, 0.6) is 0 Å². The number of amides is 2. The van der Waals surface area contributed by atoms with Gasteiger partial charge in [0.25, 0.3) is 0 Å². The largest absolute Gasteiger partial charge is 0.350 e. The van der Waals surface area contributed by atoms with Crippen LogP contribution in [-0.2, 0) is 21.9 Å². The average Bonchev–Trinajstić information content (AvgIpc) is 2.68. The van der Waals surface area contributed by atoms with E-state index in [1.807, 2.05) is 77.1 Å². The molecule has 31 heavy (non-hydrogen) atoms. The van der Waals surface area contributed by atoms with E-state index >= 15 is 0 Å². The third-order valence-corrected chi connectivity index (χ3v) is 6.10. The van der Waals surface area contributed by atoms with E-state index in [4.69, 9.17) is 11.6 Å². The predicted octanol–water partition coefficient (Wildman–Crippen LogP) is 5.60. The summed E-state index contributed by atoms with van der Waals surface area (Å²) in [5, 5.41) is 3.74. The number of rotatable bonds is 9. The molecule has 4 nitrogen and oxygen atoms in total. The summed E-state index contributed by atoms with van der Waals surface area (Å²) in [6.07, 6.45) is 0.550. The first-order valence-corrected chi connectivity index (χ1v) is 12.1. The molecular weight excluding hydrogens is 428 g/mol. The number of hydrogen-bond donors (Lipinski definition) is 1. The van der Waals surface area contributed by atoms with Crippen molar-refractivity contribution in [1.82, 2.24) is 10.2 Å². The molecule has 0 aliphatic rings. The van der Waals surface area contributed by atoms with E-state index in [-0.39, 0.29) is 23.1 Å². The Morgan fingerprint density at radius 1 is 1.13 bits per heavy atom. The number of nitrogens with one attached hydrogen (secondary N) is 1. The summed E-state index contributed by atoms with van der Waals surface area (Å²) >= 11 is 7.75. The highest BCUT2D eigenvalue weighted by molar-refractivity contribution is 7.99. The maximum Gasteiger partial charge on any atom is 0.243 e. The monoisotopic (exact) mass is 460 g/mol. The molecule has 6 heteroatoms. The second-order valence-corrected chi connectivity index (χ2v) is 10.2. The zero-order chi connectivity index (χ0) is 23.0. The fraction of sp³-hybridized carbons (Fsp3) is 0.440. The Morgan fingerprint density at radius 3 is 2.45 bits per heavy atom. The van der Waals surface area contributed by atoms with Crippen molar-refractivity contribution < 1.29 is 9.59 Å². The SMILES string of the molecule is CC[C@H](C(=O)NC(C)(C)C)N(Cc1cccc(C)c1)C(=O)CSCc1ccccc1Cl. The number of aryl methyl sites for hydroxylation is 1. The number of thioether (sulfide) groups is 1. The normalized spacial score (nSPS) is 12.3. The minimum atomic E-state index is -0.520. The van der Waals surface area contributed by atoms with Gasteiger partial charge in [-0.3, -0.25) is 9.59 Å². The fourth-order valence-corrected chi connectivity index (χ4v) is 4.52. The van der Waals surface area contributed by atoms with E-state index in [0.29, 0.717) is 23.7 Å². The van der Waals surface area contributed by atoms with Gasteiger partial charge in [0.1, 0.15) is 6.04 Å². The van der Waals surface area contributed by atoms with Gasteiger partial charge in [-0.15, -0.1) is 11.8 Å². The molecule has 0 aromatic heterocycles. The average molecular weight is 461 g/mol. The number of carbonyl (C=O) groups excluding carboxylic acids is 2. The van der Waals surface area contributed by atoms with Gasteiger partial charge in [0.2, 0.25) is 11.8 Å². The topological polar surface area (TPSA) is 49.4 Å². The van der Waals surface area contributed by atoms with Gasteiger partial charge in [-0.2, -0.15) is 0 Å². The van der Waals surface area contributed by atoms with Crippen molar-refractivity contribution in [3.63, 3.8) is 0 Å². The lowest BCUT2D eigenvalue weighted by Crippen LogP contribution is -2.53. The molecule has 0 bridgehead atoms. The van der Waals surface area contributed by atoms with Gasteiger partial charge >= 0.3 is 0 Å². The van der Waals surface area contributed by atoms with E-state index in [1.165, 1.54) is 11.8 Å². The molecular formula is C25H33ClN2O2S. The third kappa shape index (κ3) is 8.23.